The summed E-state index contributed by atoms with van der Waals surface area (Å²) in [4.78, 5) is 30.0. The molecular formula is C16H20ClN3O3. The maximum absolute atomic E-state index is 12.5. The highest BCUT2D eigenvalue weighted by Crippen LogP contribution is 2.32. The van der Waals surface area contributed by atoms with Crippen molar-refractivity contribution in [2.24, 2.45) is 18.1 Å². The van der Waals surface area contributed by atoms with Crippen molar-refractivity contribution in [3.05, 3.63) is 29.6 Å². The number of hydrogen-bond donors (Lipinski definition) is 0. The molecule has 124 valence electrons. The van der Waals surface area contributed by atoms with Gasteiger partial charge in [-0.1, -0.05) is 23.7 Å². The number of aryl methyl sites for hydroxylation is 1. The van der Waals surface area contributed by atoms with E-state index in [9.17, 15) is 9.59 Å². The Morgan fingerprint density at radius 3 is 2.70 bits per heavy atom. The lowest BCUT2D eigenvalue weighted by molar-refractivity contribution is -0.133. The molecule has 0 unspecified atom stereocenters. The van der Waals surface area contributed by atoms with Gasteiger partial charge in [0.2, 0.25) is 0 Å². The summed E-state index contributed by atoms with van der Waals surface area (Å²) < 4.78 is 1.67. The van der Waals surface area contributed by atoms with Crippen LogP contribution in [-0.2, 0) is 21.5 Å². The zero-order valence-corrected chi connectivity index (χ0v) is 14.0. The second-order valence-corrected chi connectivity index (χ2v) is 5.76. The number of rotatable bonds is 6. The first-order chi connectivity index (χ1) is 11.1. The van der Waals surface area contributed by atoms with Crippen LogP contribution in [0, 0.1) is 5.92 Å². The fourth-order valence-electron chi connectivity index (χ4n) is 2.75. The Morgan fingerprint density at radius 2 is 2.17 bits per heavy atom. The number of oxime groups is 1. The van der Waals surface area contributed by atoms with Gasteiger partial charge in [-0.2, -0.15) is 5.10 Å². The van der Waals surface area contributed by atoms with E-state index in [0.29, 0.717) is 25.0 Å². The number of carbonyl (C=O) groups is 2. The van der Waals surface area contributed by atoms with Crippen molar-refractivity contribution in [1.29, 1.82) is 0 Å². The first-order valence-electron chi connectivity index (χ1n) is 7.54. The van der Waals surface area contributed by atoms with Crippen LogP contribution in [0.5, 0.6) is 0 Å². The van der Waals surface area contributed by atoms with Gasteiger partial charge in [-0.15, -0.1) is 0 Å². The van der Waals surface area contributed by atoms with Gasteiger partial charge < -0.3 is 4.84 Å². The third-order valence-electron chi connectivity index (χ3n) is 3.87. The summed E-state index contributed by atoms with van der Waals surface area (Å²) in [5.74, 6) is -1.09. The molecule has 0 radical (unpaired) electrons. The Hall–Kier alpha value is -1.95. The van der Waals surface area contributed by atoms with E-state index in [1.54, 1.807) is 17.0 Å². The number of nitrogens with zero attached hydrogens (tertiary/aromatic N) is 3. The Morgan fingerprint density at radius 1 is 1.48 bits per heavy atom. The molecule has 0 aliphatic heterocycles. The fourth-order valence-corrected chi connectivity index (χ4v) is 2.83. The Kier molecular flexibility index (Phi) is 6.10. The number of hydrogen-bond acceptors (Lipinski definition) is 5. The van der Waals surface area contributed by atoms with Gasteiger partial charge in [0.25, 0.3) is 0 Å². The van der Waals surface area contributed by atoms with Crippen LogP contribution in [0.3, 0.4) is 0 Å². The molecule has 0 aromatic carbocycles. The lowest BCUT2D eigenvalue weighted by Crippen LogP contribution is -2.38. The zero-order valence-electron chi connectivity index (χ0n) is 13.2. The molecule has 1 aliphatic rings. The molecule has 7 heteroatoms. The predicted molar refractivity (Wildman–Crippen MR) is 87.4 cm³/mol. The van der Waals surface area contributed by atoms with Gasteiger partial charge in [-0.25, -0.2) is 0 Å². The summed E-state index contributed by atoms with van der Waals surface area (Å²) in [6.45, 7) is 2.06. The molecule has 6 nitrogen and oxygen atoms in total. The largest absolute Gasteiger partial charge is 0.392 e. The van der Waals surface area contributed by atoms with Crippen molar-refractivity contribution in [2.45, 2.75) is 32.1 Å². The fraction of sp³-hybridized carbons (Fsp3) is 0.500. The van der Waals surface area contributed by atoms with Crippen molar-refractivity contribution >= 4 is 28.9 Å². The van der Waals surface area contributed by atoms with E-state index < -0.39 is 5.92 Å². The van der Waals surface area contributed by atoms with E-state index in [0.717, 1.165) is 5.56 Å². The standard InChI is InChI=1S/C16H20ClN3O3/c1-3-13(19-23-6-4-5-17)16-14(21)7-11(8-15(16)22)12-9-18-20(2)10-12/h4-5,9-11,16H,3,6-8H2,1-2H3/b5-4+,19-13+. The van der Waals surface area contributed by atoms with Crippen molar-refractivity contribution in [3.8, 4) is 0 Å². The second kappa shape index (κ2) is 8.06. The molecule has 0 bridgehead atoms. The van der Waals surface area contributed by atoms with E-state index >= 15 is 0 Å². The van der Waals surface area contributed by atoms with Gasteiger partial charge in [0.1, 0.15) is 24.1 Å². The topological polar surface area (TPSA) is 73.5 Å². The van der Waals surface area contributed by atoms with Crippen LogP contribution >= 0.6 is 11.6 Å². The van der Waals surface area contributed by atoms with Gasteiger partial charge in [-0.05, 0) is 18.1 Å². The average Bonchev–Trinajstić information content (AvgIpc) is 2.95. The Bertz CT molecular complexity index is 618. The first-order valence-corrected chi connectivity index (χ1v) is 7.98. The number of Topliss-reactive ketones (excluding diaryl/α,β-unsaturated/α-hetero) is 2. The third kappa shape index (κ3) is 4.28. The molecule has 0 N–H and O–H groups in total. The monoisotopic (exact) mass is 337 g/mol. The van der Waals surface area contributed by atoms with Gasteiger partial charge in [0.05, 0.1) is 11.9 Å². The molecule has 0 spiro atoms. The maximum Gasteiger partial charge on any atom is 0.149 e. The van der Waals surface area contributed by atoms with Crippen LogP contribution in [0.1, 0.15) is 37.7 Å². The number of carbonyl (C=O) groups excluding carboxylic acids is 2. The lowest BCUT2D eigenvalue weighted by atomic mass is 9.75. The smallest absolute Gasteiger partial charge is 0.149 e. The minimum Gasteiger partial charge on any atom is -0.392 e. The summed E-state index contributed by atoms with van der Waals surface area (Å²) in [7, 11) is 1.81. The third-order valence-corrected chi connectivity index (χ3v) is 4.05. The quantitative estimate of drug-likeness (QED) is 0.346. The molecule has 1 aromatic heterocycles. The SMILES string of the molecule is CC/C(=N\OC/C=C/Cl)C1C(=O)CC(c2cnn(C)c2)CC1=O. The molecule has 1 saturated carbocycles. The first kappa shape index (κ1) is 17.4. The summed E-state index contributed by atoms with van der Waals surface area (Å²) in [6.07, 6.45) is 6.28. The normalized spacial score (nSPS) is 22.8. The van der Waals surface area contributed by atoms with Crippen LogP contribution in [0.25, 0.3) is 0 Å². The van der Waals surface area contributed by atoms with E-state index in [1.807, 2.05) is 20.2 Å². The van der Waals surface area contributed by atoms with Crippen LogP contribution in [0.2, 0.25) is 0 Å². The van der Waals surface area contributed by atoms with E-state index in [-0.39, 0.29) is 24.1 Å². The lowest BCUT2D eigenvalue weighted by Gasteiger charge is -2.26. The van der Waals surface area contributed by atoms with Crippen molar-refractivity contribution in [1.82, 2.24) is 9.78 Å². The van der Waals surface area contributed by atoms with Crippen molar-refractivity contribution in [3.63, 3.8) is 0 Å². The number of ketones is 2. The van der Waals surface area contributed by atoms with Gasteiger partial charge in [0.15, 0.2) is 0 Å². The number of aromatic nitrogens is 2. The second-order valence-electron chi connectivity index (χ2n) is 5.51. The highest BCUT2D eigenvalue weighted by Gasteiger charge is 2.39. The van der Waals surface area contributed by atoms with Gasteiger partial charge in [-0.3, -0.25) is 14.3 Å². The molecule has 1 heterocycles. The minimum absolute atomic E-state index is 0.0989. The highest BCUT2D eigenvalue weighted by molar-refractivity contribution is 6.25. The van der Waals surface area contributed by atoms with Crippen LogP contribution in [0.4, 0.5) is 0 Å². The van der Waals surface area contributed by atoms with Crippen LogP contribution in [0.15, 0.2) is 29.2 Å². The van der Waals surface area contributed by atoms with Gasteiger partial charge in [0, 0.05) is 37.5 Å². The summed E-state index contributed by atoms with van der Waals surface area (Å²) in [5.41, 5.74) is 2.73. The Balaban J connectivity index is 2.09. The van der Waals surface area contributed by atoms with E-state index in [1.165, 1.54) is 5.54 Å². The molecular weight excluding hydrogens is 318 g/mol. The van der Waals surface area contributed by atoms with Gasteiger partial charge >= 0.3 is 0 Å². The molecule has 23 heavy (non-hydrogen) atoms. The summed E-state index contributed by atoms with van der Waals surface area (Å²) in [5, 5.41) is 8.06. The predicted octanol–water partition coefficient (Wildman–Crippen LogP) is 2.59. The summed E-state index contributed by atoms with van der Waals surface area (Å²) in [6, 6.07) is 0. The summed E-state index contributed by atoms with van der Waals surface area (Å²) >= 11 is 5.40. The molecule has 0 atom stereocenters. The average molecular weight is 338 g/mol. The molecule has 1 fully saturated rings. The molecule has 1 aliphatic carbocycles. The number of halogens is 1. The van der Waals surface area contributed by atoms with Crippen LogP contribution < -0.4 is 0 Å². The molecule has 2 rings (SSSR count). The Labute approximate surface area is 140 Å². The van der Waals surface area contributed by atoms with Crippen molar-refractivity contribution in [2.75, 3.05) is 6.61 Å². The van der Waals surface area contributed by atoms with Crippen LogP contribution in [-0.4, -0.2) is 33.7 Å². The molecule has 0 saturated heterocycles. The van der Waals surface area contributed by atoms with E-state index in [4.69, 9.17) is 16.4 Å². The zero-order chi connectivity index (χ0) is 16.8. The maximum atomic E-state index is 12.5. The van der Waals surface area contributed by atoms with Crippen molar-refractivity contribution < 1.29 is 14.4 Å². The molecule has 0 amide bonds. The highest BCUT2D eigenvalue weighted by atomic mass is 35.5. The van der Waals surface area contributed by atoms with E-state index in [2.05, 4.69) is 10.3 Å². The molecule has 1 aromatic rings. The minimum atomic E-state index is -0.784.